The van der Waals surface area contributed by atoms with E-state index in [0.717, 1.165) is 18.4 Å². The highest BCUT2D eigenvalue weighted by Crippen LogP contribution is 2.35. The molecule has 33 heavy (non-hydrogen) atoms. The summed E-state index contributed by atoms with van der Waals surface area (Å²) in [6.07, 6.45) is 4.20. The number of carbonyl (C=O) groups is 1. The Balaban J connectivity index is 1.50. The quantitative estimate of drug-likeness (QED) is 0.570. The van der Waals surface area contributed by atoms with E-state index in [-0.39, 0.29) is 29.0 Å². The molecule has 1 amide bonds. The first kappa shape index (κ1) is 21.7. The Morgan fingerprint density at radius 2 is 1.97 bits per heavy atom. The van der Waals surface area contributed by atoms with E-state index < -0.39 is 11.2 Å². The summed E-state index contributed by atoms with van der Waals surface area (Å²) in [5.41, 5.74) is 0.395. The van der Waals surface area contributed by atoms with Crippen molar-refractivity contribution < 1.29 is 19.0 Å². The van der Waals surface area contributed by atoms with Crippen LogP contribution in [0.5, 0.6) is 5.75 Å². The molecule has 1 aliphatic heterocycles. The van der Waals surface area contributed by atoms with Gasteiger partial charge in [-0.1, -0.05) is 23.5 Å². The van der Waals surface area contributed by atoms with Gasteiger partial charge in [0.15, 0.2) is 16.5 Å². The second kappa shape index (κ2) is 8.68. The van der Waals surface area contributed by atoms with E-state index in [2.05, 4.69) is 10.2 Å². The summed E-state index contributed by atoms with van der Waals surface area (Å²) in [5, 5.41) is 20.1. The lowest BCUT2D eigenvalue weighted by Gasteiger charge is -2.36. The number of halogens is 1. The molecule has 2 aromatic heterocycles. The van der Waals surface area contributed by atoms with E-state index in [1.807, 2.05) is 0 Å². The number of rotatable bonds is 7. The van der Waals surface area contributed by atoms with Gasteiger partial charge in [-0.05, 0) is 36.5 Å². The minimum atomic E-state index is -0.650. The third-order valence-electron chi connectivity index (χ3n) is 6.03. The van der Waals surface area contributed by atoms with Gasteiger partial charge in [0, 0.05) is 32.8 Å². The molecule has 1 fully saturated rings. The molecule has 0 saturated heterocycles. The fraction of sp³-hybridized carbons (Fsp3) is 0.391. The number of methoxy groups -OCH3 is 1. The molecule has 0 spiro atoms. The lowest BCUT2D eigenvalue weighted by molar-refractivity contribution is 0.0568. The lowest BCUT2D eigenvalue weighted by atomic mass is 10.1. The maximum absolute atomic E-state index is 13.2. The molecule has 0 bridgehead atoms. The molecular formula is C23H23FN4O4S. The van der Waals surface area contributed by atoms with Gasteiger partial charge in [-0.2, -0.15) is 0 Å². The minimum Gasteiger partial charge on any atom is -0.503 e. The van der Waals surface area contributed by atoms with E-state index in [1.165, 1.54) is 23.5 Å². The van der Waals surface area contributed by atoms with Crippen molar-refractivity contribution in [2.75, 3.05) is 26.8 Å². The molecule has 172 valence electrons. The van der Waals surface area contributed by atoms with Gasteiger partial charge in [-0.15, -0.1) is 10.2 Å². The first-order valence-corrected chi connectivity index (χ1v) is 11.6. The summed E-state index contributed by atoms with van der Waals surface area (Å²) in [4.78, 5) is 27.8. The van der Waals surface area contributed by atoms with Crippen LogP contribution >= 0.6 is 11.3 Å². The van der Waals surface area contributed by atoms with E-state index in [4.69, 9.17) is 4.74 Å². The standard InChI is InChI=1S/C23H23FN4O4S/c1-32-12-16-10-27(9-14-2-3-14)23(31)19-21(30)20(29)17(11-28(16)19)22-26-25-18(33-22)8-13-4-6-15(24)7-5-13/h4-7,11,14,16,30H,2-3,8-10,12H2,1H3/t16-/m1/s1. The van der Waals surface area contributed by atoms with Crippen molar-refractivity contribution >= 4 is 17.2 Å². The molecule has 1 saturated carbocycles. The normalized spacial score (nSPS) is 17.9. The number of fused-ring (bicyclic) bond motifs is 1. The molecule has 5 rings (SSSR count). The Kier molecular flexibility index (Phi) is 5.71. The smallest absolute Gasteiger partial charge is 0.274 e. The zero-order valence-electron chi connectivity index (χ0n) is 18.0. The summed E-state index contributed by atoms with van der Waals surface area (Å²) in [6, 6.07) is 5.86. The first-order valence-electron chi connectivity index (χ1n) is 10.8. The number of hydrogen-bond acceptors (Lipinski definition) is 7. The Morgan fingerprint density at radius 3 is 2.67 bits per heavy atom. The van der Waals surface area contributed by atoms with Gasteiger partial charge < -0.3 is 19.3 Å². The summed E-state index contributed by atoms with van der Waals surface area (Å²) < 4.78 is 20.2. The topological polar surface area (TPSA) is 97.6 Å². The van der Waals surface area contributed by atoms with Gasteiger partial charge in [0.2, 0.25) is 5.43 Å². The highest BCUT2D eigenvalue weighted by atomic mass is 32.1. The van der Waals surface area contributed by atoms with Gasteiger partial charge >= 0.3 is 0 Å². The third-order valence-corrected chi connectivity index (χ3v) is 6.98. The molecule has 0 unspecified atom stereocenters. The minimum absolute atomic E-state index is 0.00579. The number of hydrogen-bond donors (Lipinski definition) is 1. The number of nitrogens with zero attached hydrogens (tertiary/aromatic N) is 4. The maximum atomic E-state index is 13.2. The van der Waals surface area contributed by atoms with Crippen LogP contribution in [0.25, 0.3) is 10.6 Å². The summed E-state index contributed by atoms with van der Waals surface area (Å²) in [6.45, 7) is 1.40. The number of carbonyl (C=O) groups excluding carboxylic acids is 1. The largest absolute Gasteiger partial charge is 0.503 e. The summed E-state index contributed by atoms with van der Waals surface area (Å²) in [5.74, 6) is -0.748. The van der Waals surface area contributed by atoms with E-state index in [0.29, 0.717) is 42.1 Å². The van der Waals surface area contributed by atoms with Crippen LogP contribution in [0.2, 0.25) is 0 Å². The van der Waals surface area contributed by atoms with Crippen molar-refractivity contribution in [2.45, 2.75) is 25.3 Å². The van der Waals surface area contributed by atoms with Gasteiger partial charge in [-0.25, -0.2) is 4.39 Å². The average molecular weight is 471 g/mol. The average Bonchev–Trinajstić information content (AvgIpc) is 3.50. The number of ether oxygens (including phenoxy) is 1. The van der Waals surface area contributed by atoms with Crippen LogP contribution in [-0.2, 0) is 11.2 Å². The molecule has 3 heterocycles. The van der Waals surface area contributed by atoms with Crippen LogP contribution in [0, 0.1) is 11.7 Å². The SMILES string of the molecule is COC[C@H]1CN(CC2CC2)C(=O)c2c(O)c(=O)c(-c3nnc(Cc4ccc(F)cc4)s3)cn21. The number of aromatic nitrogens is 3. The fourth-order valence-corrected chi connectivity index (χ4v) is 5.03. The van der Waals surface area contributed by atoms with E-state index in [9.17, 15) is 19.1 Å². The van der Waals surface area contributed by atoms with Crippen molar-refractivity contribution in [3.63, 3.8) is 0 Å². The van der Waals surface area contributed by atoms with Crippen molar-refractivity contribution in [1.29, 1.82) is 0 Å². The van der Waals surface area contributed by atoms with Gasteiger partial charge in [0.1, 0.15) is 10.8 Å². The molecular weight excluding hydrogens is 447 g/mol. The van der Waals surface area contributed by atoms with Crippen molar-refractivity contribution in [1.82, 2.24) is 19.7 Å². The number of benzene rings is 1. The molecule has 3 aromatic rings. The monoisotopic (exact) mass is 470 g/mol. The Hall–Kier alpha value is -3.11. The molecule has 2 aliphatic rings. The first-order chi connectivity index (χ1) is 15.9. The molecule has 1 atom stereocenters. The zero-order chi connectivity index (χ0) is 23.1. The van der Waals surface area contributed by atoms with Crippen molar-refractivity contribution in [3.05, 3.63) is 62.8 Å². The van der Waals surface area contributed by atoms with Crippen LogP contribution in [0.4, 0.5) is 4.39 Å². The molecule has 1 N–H and O–H groups in total. The van der Waals surface area contributed by atoms with E-state index in [1.54, 1.807) is 34.9 Å². The second-order valence-electron chi connectivity index (χ2n) is 8.54. The van der Waals surface area contributed by atoms with Gasteiger partial charge in [-0.3, -0.25) is 9.59 Å². The second-order valence-corrected chi connectivity index (χ2v) is 9.61. The molecule has 10 heteroatoms. The molecule has 8 nitrogen and oxygen atoms in total. The fourth-order valence-electron chi connectivity index (χ4n) is 4.15. The number of aromatic hydroxyl groups is 1. The predicted octanol–water partition coefficient (Wildman–Crippen LogP) is 2.86. The Bertz CT molecular complexity index is 1250. The lowest BCUT2D eigenvalue weighted by Crippen LogP contribution is -2.46. The number of pyridine rings is 1. The summed E-state index contributed by atoms with van der Waals surface area (Å²) in [7, 11) is 1.58. The number of amides is 1. The highest BCUT2D eigenvalue weighted by Gasteiger charge is 2.37. The maximum Gasteiger partial charge on any atom is 0.274 e. The van der Waals surface area contributed by atoms with Crippen LogP contribution in [0.15, 0.2) is 35.3 Å². The summed E-state index contributed by atoms with van der Waals surface area (Å²) >= 11 is 1.22. The molecule has 0 radical (unpaired) electrons. The van der Waals surface area contributed by atoms with Gasteiger partial charge in [0.25, 0.3) is 5.91 Å². The third kappa shape index (κ3) is 4.28. The highest BCUT2D eigenvalue weighted by molar-refractivity contribution is 7.14. The predicted molar refractivity (Wildman–Crippen MR) is 120 cm³/mol. The van der Waals surface area contributed by atoms with Crippen LogP contribution in [0.3, 0.4) is 0 Å². The molecule has 1 aliphatic carbocycles. The van der Waals surface area contributed by atoms with Crippen molar-refractivity contribution in [3.8, 4) is 16.3 Å². The van der Waals surface area contributed by atoms with Crippen molar-refractivity contribution in [2.24, 2.45) is 5.92 Å². The van der Waals surface area contributed by atoms with Crippen LogP contribution < -0.4 is 5.43 Å². The van der Waals surface area contributed by atoms with Crippen LogP contribution in [-0.4, -0.2) is 57.5 Å². The van der Waals surface area contributed by atoms with E-state index >= 15 is 0 Å². The Labute approximate surface area is 193 Å². The van der Waals surface area contributed by atoms with Crippen LogP contribution in [0.1, 0.15) is 39.9 Å². The van der Waals surface area contributed by atoms with Gasteiger partial charge in [0.05, 0.1) is 18.2 Å². The molecule has 1 aromatic carbocycles. The zero-order valence-corrected chi connectivity index (χ0v) is 18.8. The Morgan fingerprint density at radius 1 is 1.21 bits per heavy atom.